The lowest BCUT2D eigenvalue weighted by atomic mass is 10.1. The van der Waals surface area contributed by atoms with E-state index in [1.165, 1.54) is 24.5 Å². The third-order valence-electron chi connectivity index (χ3n) is 6.62. The zero-order valence-corrected chi connectivity index (χ0v) is 23.8. The maximum atomic E-state index is 12.3. The molecule has 45 heavy (non-hydrogen) atoms. The number of aromatic nitrogens is 6. The molecule has 0 saturated carbocycles. The van der Waals surface area contributed by atoms with E-state index in [1.807, 2.05) is 4.90 Å². The van der Waals surface area contributed by atoms with E-state index in [0.717, 1.165) is 5.69 Å². The highest BCUT2D eigenvalue weighted by molar-refractivity contribution is 5.97. The number of carbonyl (C=O) groups excluding carboxylic acids is 1. The minimum Gasteiger partial charge on any atom is -0.481 e. The van der Waals surface area contributed by atoms with Crippen LogP contribution in [-0.4, -0.2) is 90.2 Å². The molecule has 1 aliphatic rings. The van der Waals surface area contributed by atoms with Gasteiger partial charge in [0.25, 0.3) is 17.0 Å². The number of hydrogen-bond donors (Lipinski definition) is 9. The van der Waals surface area contributed by atoms with Crippen molar-refractivity contribution in [3.8, 4) is 0 Å². The number of rotatable bonds is 9. The number of carbonyl (C=O) groups is 3. The summed E-state index contributed by atoms with van der Waals surface area (Å²) in [4.78, 5) is 79.7. The van der Waals surface area contributed by atoms with Gasteiger partial charge in [0.2, 0.25) is 11.9 Å². The molecule has 19 heteroatoms. The summed E-state index contributed by atoms with van der Waals surface area (Å²) in [6, 6.07) is 5.03. The van der Waals surface area contributed by atoms with Crippen molar-refractivity contribution < 1.29 is 24.6 Å². The smallest absolute Gasteiger partial charge is 0.326 e. The Kier molecular flexibility index (Phi) is 9.71. The number of likely N-dealkylation sites (N-methyl/N-ethyl adjacent to an activating group) is 1. The van der Waals surface area contributed by atoms with Gasteiger partial charge in [0.1, 0.15) is 11.7 Å². The Labute approximate surface area is 253 Å². The first-order chi connectivity index (χ1) is 21.4. The van der Waals surface area contributed by atoms with Gasteiger partial charge in [-0.05, 0) is 30.7 Å². The molecular formula is C26H30N12O7. The monoisotopic (exact) mass is 622 g/mol. The van der Waals surface area contributed by atoms with Crippen molar-refractivity contribution in [2.24, 2.45) is 0 Å². The quantitative estimate of drug-likeness (QED) is 0.108. The Morgan fingerprint density at radius 2 is 1.69 bits per heavy atom. The minimum absolute atomic E-state index is 0.0388. The summed E-state index contributed by atoms with van der Waals surface area (Å²) in [5.74, 6) is -2.54. The van der Waals surface area contributed by atoms with Crippen LogP contribution in [0.25, 0.3) is 11.2 Å². The summed E-state index contributed by atoms with van der Waals surface area (Å²) >= 11 is 0. The van der Waals surface area contributed by atoms with Crippen molar-refractivity contribution in [1.29, 1.82) is 0 Å². The average Bonchev–Trinajstić information content (AvgIpc) is 2.98. The lowest BCUT2D eigenvalue weighted by molar-refractivity contribution is -0.140. The van der Waals surface area contributed by atoms with Crippen molar-refractivity contribution >= 4 is 58.1 Å². The lowest BCUT2D eigenvalue weighted by Gasteiger charge is -2.35. The summed E-state index contributed by atoms with van der Waals surface area (Å²) in [5.41, 5.74) is 12.0. The van der Waals surface area contributed by atoms with Crippen molar-refractivity contribution in [2.75, 3.05) is 47.1 Å². The second kappa shape index (κ2) is 13.8. The SMILES string of the molecule is CN1c2c(nc(N)[nH]c2=O)NCC1CNc1ccc(C(=O)N[C@@H](CCC(=O)O)C(=O)O)cc1.Nc1nc2nccnc2c(=O)[nH]1. The van der Waals surface area contributed by atoms with Crippen molar-refractivity contribution in [1.82, 2.24) is 35.2 Å². The molecule has 0 saturated heterocycles. The number of nitrogens with zero attached hydrogens (tertiary/aromatic N) is 5. The van der Waals surface area contributed by atoms with E-state index in [1.54, 1.807) is 19.2 Å². The van der Waals surface area contributed by atoms with Gasteiger partial charge in [-0.2, -0.15) is 9.97 Å². The molecule has 0 aliphatic carbocycles. The number of amides is 1. The van der Waals surface area contributed by atoms with Crippen LogP contribution in [0.15, 0.2) is 46.2 Å². The number of nitrogens with one attached hydrogen (secondary N) is 5. The maximum absolute atomic E-state index is 12.3. The van der Waals surface area contributed by atoms with Crippen LogP contribution in [0.3, 0.4) is 0 Å². The molecule has 0 fully saturated rings. The summed E-state index contributed by atoms with van der Waals surface area (Å²) in [7, 11) is 1.79. The zero-order chi connectivity index (χ0) is 32.7. The number of carboxylic acids is 2. The first kappa shape index (κ1) is 31.7. The molecule has 1 amide bonds. The third-order valence-corrected chi connectivity index (χ3v) is 6.62. The van der Waals surface area contributed by atoms with Gasteiger partial charge >= 0.3 is 11.9 Å². The molecule has 11 N–H and O–H groups in total. The summed E-state index contributed by atoms with van der Waals surface area (Å²) in [6.07, 6.45) is 2.29. The predicted molar refractivity (Wildman–Crippen MR) is 163 cm³/mol. The molecule has 1 aromatic carbocycles. The van der Waals surface area contributed by atoms with Crippen LogP contribution in [0.2, 0.25) is 0 Å². The highest BCUT2D eigenvalue weighted by Crippen LogP contribution is 2.25. The molecule has 4 aromatic rings. The molecule has 0 radical (unpaired) electrons. The summed E-state index contributed by atoms with van der Waals surface area (Å²) in [6.45, 7) is 1.01. The molecule has 5 rings (SSSR count). The third kappa shape index (κ3) is 7.97. The fraction of sp³-hybridized carbons (Fsp3) is 0.269. The fourth-order valence-electron chi connectivity index (χ4n) is 4.31. The number of fused-ring (bicyclic) bond motifs is 2. The van der Waals surface area contributed by atoms with E-state index in [0.29, 0.717) is 24.6 Å². The Morgan fingerprint density at radius 1 is 1.02 bits per heavy atom. The predicted octanol–water partition coefficient (Wildman–Crippen LogP) is -0.962. The number of H-pyrrole nitrogens is 2. The zero-order valence-electron chi connectivity index (χ0n) is 23.8. The molecular weight excluding hydrogens is 592 g/mol. The second-order valence-corrected chi connectivity index (χ2v) is 9.73. The first-order valence-electron chi connectivity index (χ1n) is 13.3. The molecule has 0 spiro atoms. The Balaban J connectivity index is 0.000000318. The summed E-state index contributed by atoms with van der Waals surface area (Å²) in [5, 5.41) is 26.6. The largest absolute Gasteiger partial charge is 0.481 e. The van der Waals surface area contributed by atoms with Gasteiger partial charge in [0, 0.05) is 50.2 Å². The molecule has 1 unspecified atom stereocenters. The van der Waals surface area contributed by atoms with E-state index < -0.39 is 23.9 Å². The average molecular weight is 623 g/mol. The van der Waals surface area contributed by atoms with Crippen LogP contribution in [0, 0.1) is 0 Å². The Morgan fingerprint density at radius 3 is 2.38 bits per heavy atom. The van der Waals surface area contributed by atoms with Crippen LogP contribution in [0.5, 0.6) is 0 Å². The van der Waals surface area contributed by atoms with E-state index >= 15 is 0 Å². The van der Waals surface area contributed by atoms with Gasteiger partial charge < -0.3 is 42.5 Å². The van der Waals surface area contributed by atoms with Gasteiger partial charge in [0.05, 0.1) is 6.04 Å². The summed E-state index contributed by atoms with van der Waals surface area (Å²) < 4.78 is 0. The number of anilines is 5. The van der Waals surface area contributed by atoms with E-state index in [4.69, 9.17) is 16.6 Å². The van der Waals surface area contributed by atoms with Crippen molar-refractivity contribution in [2.45, 2.75) is 24.9 Å². The van der Waals surface area contributed by atoms with E-state index in [-0.39, 0.29) is 58.6 Å². The van der Waals surface area contributed by atoms with Crippen LogP contribution in [0.4, 0.5) is 29.1 Å². The van der Waals surface area contributed by atoms with Crippen LogP contribution in [0.1, 0.15) is 23.2 Å². The molecule has 236 valence electrons. The van der Waals surface area contributed by atoms with Crippen LogP contribution in [-0.2, 0) is 9.59 Å². The number of carboxylic acid groups (broad SMARTS) is 2. The number of hydrogen-bond acceptors (Lipinski definition) is 14. The van der Waals surface area contributed by atoms with Crippen molar-refractivity contribution in [3.05, 3.63) is 62.9 Å². The lowest BCUT2D eigenvalue weighted by Crippen LogP contribution is -2.48. The molecule has 4 heterocycles. The molecule has 3 aromatic heterocycles. The number of benzene rings is 1. The Hall–Kier alpha value is -6.27. The number of nitrogens with two attached hydrogens (primary N) is 2. The highest BCUT2D eigenvalue weighted by Gasteiger charge is 2.27. The normalized spacial score (nSPS) is 14.2. The molecule has 19 nitrogen and oxygen atoms in total. The van der Waals surface area contributed by atoms with Crippen molar-refractivity contribution in [3.63, 3.8) is 0 Å². The van der Waals surface area contributed by atoms with Gasteiger partial charge in [-0.15, -0.1) is 0 Å². The fourth-order valence-corrected chi connectivity index (χ4v) is 4.31. The molecule has 2 atom stereocenters. The molecule has 1 aliphatic heterocycles. The Bertz CT molecular complexity index is 1830. The van der Waals surface area contributed by atoms with Crippen LogP contribution < -0.4 is 43.4 Å². The number of aliphatic carboxylic acids is 2. The second-order valence-electron chi connectivity index (χ2n) is 9.73. The van der Waals surface area contributed by atoms with E-state index in [2.05, 4.69) is 45.9 Å². The minimum atomic E-state index is -1.30. The van der Waals surface area contributed by atoms with Gasteiger partial charge in [-0.25, -0.2) is 14.8 Å². The van der Waals surface area contributed by atoms with E-state index in [9.17, 15) is 29.1 Å². The van der Waals surface area contributed by atoms with Gasteiger partial charge in [-0.1, -0.05) is 0 Å². The van der Waals surface area contributed by atoms with Crippen LogP contribution >= 0.6 is 0 Å². The number of aromatic amines is 2. The first-order valence-corrected chi connectivity index (χ1v) is 13.3. The van der Waals surface area contributed by atoms with Gasteiger partial charge in [-0.3, -0.25) is 29.1 Å². The standard InChI is InChI=1S/C20H25N7O6.C6H5N5O/c1-27-12(9-23-16-15(27)18(31)26-20(21)25-16)8-22-11-4-2-10(3-5-11)17(30)24-13(19(32)33)6-7-14(28)29;7-6-10-4-3(5(12)11-6)8-1-2-9-4/h2-5,12-13,22H,6-9H2,1H3,(H,24,30)(H,28,29)(H,32,33)(H4,21,23,25,26,31);1-2H,(H3,7,9,10,11,12)/t12?,13-;/m0./s1. The topological polar surface area (TPSA) is 300 Å². The molecule has 0 bridgehead atoms. The maximum Gasteiger partial charge on any atom is 0.326 e. The number of nitrogen functional groups attached to an aromatic ring is 2. The van der Waals surface area contributed by atoms with Gasteiger partial charge in [0.15, 0.2) is 17.0 Å². The highest BCUT2D eigenvalue weighted by atomic mass is 16.4.